The van der Waals surface area contributed by atoms with Crippen LogP contribution in [0.1, 0.15) is 36.0 Å². The molecule has 3 atom stereocenters. The number of hydrogen-bond donors (Lipinski definition) is 1. The number of carboxylic acids is 1. The number of aromatic nitrogens is 2. The Morgan fingerprint density at radius 1 is 1.30 bits per heavy atom. The molecule has 0 unspecified atom stereocenters. The van der Waals surface area contributed by atoms with E-state index in [1.807, 2.05) is 19.1 Å². The molecule has 7 nitrogen and oxygen atoms in total. The summed E-state index contributed by atoms with van der Waals surface area (Å²) >= 11 is 0. The minimum absolute atomic E-state index is 0.191. The SMILES string of the molecule is Cc1noc([C@H]2C[C@H]3OCC[C@H]3N(Cc3ccc(F)cc3)C2)n1.O=C(O)C(F)(F)F. The lowest BCUT2D eigenvalue weighted by atomic mass is 9.89. The van der Waals surface area contributed by atoms with Gasteiger partial charge >= 0.3 is 12.1 Å². The van der Waals surface area contributed by atoms with Gasteiger partial charge in [-0.3, -0.25) is 4.90 Å². The van der Waals surface area contributed by atoms with Crippen molar-refractivity contribution in [3.05, 3.63) is 47.4 Å². The summed E-state index contributed by atoms with van der Waals surface area (Å²) in [5.74, 6) is -1.41. The second-order valence-corrected chi connectivity index (χ2v) is 7.24. The molecule has 0 bridgehead atoms. The molecular weight excluding hydrogens is 410 g/mol. The molecular formula is C19H21F4N3O4. The van der Waals surface area contributed by atoms with Crippen LogP contribution in [0.3, 0.4) is 0 Å². The molecule has 1 aromatic heterocycles. The van der Waals surface area contributed by atoms with Crippen molar-refractivity contribution in [3.8, 4) is 0 Å². The molecule has 4 rings (SSSR count). The van der Waals surface area contributed by atoms with Crippen LogP contribution in [0.15, 0.2) is 28.8 Å². The van der Waals surface area contributed by atoms with Gasteiger partial charge in [0.2, 0.25) is 5.89 Å². The van der Waals surface area contributed by atoms with Gasteiger partial charge in [-0.1, -0.05) is 17.3 Å². The van der Waals surface area contributed by atoms with Crippen LogP contribution in [-0.4, -0.2) is 57.6 Å². The van der Waals surface area contributed by atoms with E-state index in [-0.39, 0.29) is 17.8 Å². The van der Waals surface area contributed by atoms with E-state index in [9.17, 15) is 17.6 Å². The molecule has 0 saturated carbocycles. The predicted molar refractivity (Wildman–Crippen MR) is 95.0 cm³/mol. The lowest BCUT2D eigenvalue weighted by molar-refractivity contribution is -0.192. The van der Waals surface area contributed by atoms with Gasteiger partial charge in [0, 0.05) is 25.7 Å². The van der Waals surface area contributed by atoms with E-state index in [0.717, 1.165) is 38.1 Å². The Balaban J connectivity index is 0.000000318. The standard InChI is InChI=1S/C17H20FN3O2.C2HF3O2/c1-11-19-17(23-20-11)13-8-16-15(6-7-22-16)21(10-13)9-12-2-4-14(18)5-3-12;3-2(4,5)1(6)7/h2-5,13,15-16H,6-10H2,1H3;(H,6,7)/t13-,15+,16+;/m0./s1. The van der Waals surface area contributed by atoms with E-state index in [2.05, 4.69) is 15.0 Å². The fraction of sp³-hybridized carbons (Fsp3) is 0.526. The smallest absolute Gasteiger partial charge is 0.475 e. The van der Waals surface area contributed by atoms with Crippen LogP contribution in [0.2, 0.25) is 0 Å². The molecule has 0 radical (unpaired) electrons. The third-order valence-corrected chi connectivity index (χ3v) is 5.05. The second-order valence-electron chi connectivity index (χ2n) is 7.24. The first-order chi connectivity index (χ1) is 14.1. The number of carboxylic acid groups (broad SMARTS) is 1. The van der Waals surface area contributed by atoms with Gasteiger partial charge in [-0.05, 0) is 37.5 Å². The summed E-state index contributed by atoms with van der Waals surface area (Å²) in [7, 11) is 0. The average Bonchev–Trinajstić information content (AvgIpc) is 3.32. The Morgan fingerprint density at radius 2 is 1.97 bits per heavy atom. The van der Waals surface area contributed by atoms with Crippen LogP contribution in [-0.2, 0) is 16.1 Å². The third kappa shape index (κ3) is 5.54. The molecule has 2 fully saturated rings. The minimum atomic E-state index is -5.08. The van der Waals surface area contributed by atoms with Crippen LogP contribution in [0.5, 0.6) is 0 Å². The molecule has 2 aromatic rings. The maximum atomic E-state index is 13.1. The maximum Gasteiger partial charge on any atom is 0.490 e. The zero-order valence-electron chi connectivity index (χ0n) is 16.1. The van der Waals surface area contributed by atoms with Crippen molar-refractivity contribution < 1.29 is 36.7 Å². The van der Waals surface area contributed by atoms with E-state index in [4.69, 9.17) is 19.2 Å². The molecule has 30 heavy (non-hydrogen) atoms. The summed E-state index contributed by atoms with van der Waals surface area (Å²) < 4.78 is 56.1. The molecule has 0 spiro atoms. The number of carbonyl (C=O) groups is 1. The highest BCUT2D eigenvalue weighted by Crippen LogP contribution is 2.36. The van der Waals surface area contributed by atoms with Crippen molar-refractivity contribution in [1.82, 2.24) is 15.0 Å². The van der Waals surface area contributed by atoms with Crippen molar-refractivity contribution in [1.29, 1.82) is 0 Å². The topological polar surface area (TPSA) is 88.7 Å². The number of hydrogen-bond acceptors (Lipinski definition) is 6. The molecule has 11 heteroatoms. The van der Waals surface area contributed by atoms with Gasteiger partial charge in [0.05, 0.1) is 12.0 Å². The molecule has 1 aromatic carbocycles. The Kier molecular flexibility index (Phi) is 6.71. The summed E-state index contributed by atoms with van der Waals surface area (Å²) in [6.45, 7) is 4.28. The number of alkyl halides is 3. The van der Waals surface area contributed by atoms with Gasteiger partial charge in [0.1, 0.15) is 5.82 Å². The van der Waals surface area contributed by atoms with Crippen LogP contribution >= 0.6 is 0 Å². The van der Waals surface area contributed by atoms with E-state index in [1.54, 1.807) is 0 Å². The number of halogens is 4. The minimum Gasteiger partial charge on any atom is -0.475 e. The number of rotatable bonds is 3. The summed E-state index contributed by atoms with van der Waals surface area (Å²) in [6.07, 6.45) is -2.91. The third-order valence-electron chi connectivity index (χ3n) is 5.05. The number of aryl methyl sites for hydroxylation is 1. The number of aliphatic carboxylic acids is 1. The quantitative estimate of drug-likeness (QED) is 0.746. The zero-order valence-corrected chi connectivity index (χ0v) is 16.1. The van der Waals surface area contributed by atoms with E-state index in [0.29, 0.717) is 17.8 Å². The Bertz CT molecular complexity index is 856. The van der Waals surface area contributed by atoms with Crippen LogP contribution in [0.25, 0.3) is 0 Å². The van der Waals surface area contributed by atoms with E-state index < -0.39 is 12.1 Å². The first kappa shape index (κ1) is 22.2. The summed E-state index contributed by atoms with van der Waals surface area (Å²) in [5, 5.41) is 11.0. The van der Waals surface area contributed by atoms with Gasteiger partial charge in [-0.15, -0.1) is 0 Å². The highest BCUT2D eigenvalue weighted by atomic mass is 19.4. The Morgan fingerprint density at radius 3 is 2.53 bits per heavy atom. The molecule has 2 saturated heterocycles. The lowest BCUT2D eigenvalue weighted by Crippen LogP contribution is -2.48. The highest BCUT2D eigenvalue weighted by molar-refractivity contribution is 5.73. The fourth-order valence-corrected chi connectivity index (χ4v) is 3.72. The van der Waals surface area contributed by atoms with Gasteiger partial charge < -0.3 is 14.4 Å². The largest absolute Gasteiger partial charge is 0.490 e. The first-order valence-corrected chi connectivity index (χ1v) is 9.34. The Labute approximate surface area is 169 Å². The van der Waals surface area contributed by atoms with Gasteiger partial charge in [0.25, 0.3) is 0 Å². The van der Waals surface area contributed by atoms with Crippen LogP contribution in [0, 0.1) is 12.7 Å². The molecule has 0 amide bonds. The number of piperidine rings is 1. The number of nitrogens with zero attached hydrogens (tertiary/aromatic N) is 3. The molecule has 3 heterocycles. The zero-order chi connectivity index (χ0) is 21.9. The van der Waals surface area contributed by atoms with Crippen molar-refractivity contribution in [2.75, 3.05) is 13.2 Å². The van der Waals surface area contributed by atoms with Gasteiger partial charge in [0.15, 0.2) is 5.82 Å². The van der Waals surface area contributed by atoms with E-state index >= 15 is 0 Å². The normalized spacial score (nSPS) is 24.1. The Hall–Kier alpha value is -2.53. The van der Waals surface area contributed by atoms with E-state index in [1.165, 1.54) is 12.1 Å². The second kappa shape index (κ2) is 9.09. The number of likely N-dealkylation sites (tertiary alicyclic amines) is 1. The monoisotopic (exact) mass is 431 g/mol. The lowest BCUT2D eigenvalue weighted by Gasteiger charge is -2.39. The average molecular weight is 431 g/mol. The van der Waals surface area contributed by atoms with Gasteiger partial charge in [-0.2, -0.15) is 18.2 Å². The fourth-order valence-electron chi connectivity index (χ4n) is 3.72. The van der Waals surface area contributed by atoms with Gasteiger partial charge in [-0.25, -0.2) is 9.18 Å². The molecule has 2 aliphatic heterocycles. The van der Waals surface area contributed by atoms with Crippen molar-refractivity contribution >= 4 is 5.97 Å². The summed E-state index contributed by atoms with van der Waals surface area (Å²) in [6, 6.07) is 7.14. The van der Waals surface area contributed by atoms with Crippen molar-refractivity contribution in [3.63, 3.8) is 0 Å². The molecule has 1 N–H and O–H groups in total. The van der Waals surface area contributed by atoms with Crippen LogP contribution < -0.4 is 0 Å². The molecule has 164 valence electrons. The highest BCUT2D eigenvalue weighted by Gasteiger charge is 2.42. The summed E-state index contributed by atoms with van der Waals surface area (Å²) in [4.78, 5) is 15.7. The summed E-state index contributed by atoms with van der Waals surface area (Å²) in [5.41, 5.74) is 1.11. The predicted octanol–water partition coefficient (Wildman–Crippen LogP) is 3.30. The van der Waals surface area contributed by atoms with Crippen molar-refractivity contribution in [2.24, 2.45) is 0 Å². The number of ether oxygens (including phenoxy) is 1. The molecule has 0 aliphatic carbocycles. The number of fused-ring (bicyclic) bond motifs is 1. The maximum absolute atomic E-state index is 13.1. The van der Waals surface area contributed by atoms with Crippen LogP contribution in [0.4, 0.5) is 17.6 Å². The van der Waals surface area contributed by atoms with Crippen molar-refractivity contribution in [2.45, 2.75) is 50.6 Å². The first-order valence-electron chi connectivity index (χ1n) is 9.34. The molecule has 2 aliphatic rings. The number of benzene rings is 1.